The molecule has 19 heavy (non-hydrogen) atoms. The first-order valence-electron chi connectivity index (χ1n) is 6.32. The molecule has 2 N–H and O–H groups in total. The van der Waals surface area contributed by atoms with Gasteiger partial charge in [0.15, 0.2) is 0 Å². The Labute approximate surface area is 126 Å². The van der Waals surface area contributed by atoms with Crippen LogP contribution in [0.5, 0.6) is 0 Å². The zero-order valence-electron chi connectivity index (χ0n) is 10.6. The average molecular weight is 350 g/mol. The van der Waals surface area contributed by atoms with Gasteiger partial charge in [0.05, 0.1) is 19.3 Å². The number of β-amino-alcohol motifs (C(OH)–C–C–N with tert-alkyl or cyclic N) is 1. The maximum Gasteiger partial charge on any atom is 0.0839 e. The number of ether oxygens (including phenoxy) is 1. The van der Waals surface area contributed by atoms with E-state index >= 15 is 0 Å². The third kappa shape index (κ3) is 4.93. The van der Waals surface area contributed by atoms with Crippen LogP contribution in [0.15, 0.2) is 22.7 Å². The fourth-order valence-corrected chi connectivity index (χ4v) is 2.57. The van der Waals surface area contributed by atoms with Gasteiger partial charge in [-0.05, 0) is 34.1 Å². The number of hydrogen-bond donors (Lipinski definition) is 2. The third-order valence-corrected chi connectivity index (χ3v) is 3.96. The van der Waals surface area contributed by atoms with Crippen molar-refractivity contribution in [2.24, 2.45) is 0 Å². The van der Waals surface area contributed by atoms with E-state index in [-0.39, 0.29) is 0 Å². The zero-order chi connectivity index (χ0) is 13.7. The molecule has 1 aromatic carbocycles. The van der Waals surface area contributed by atoms with Crippen LogP contribution in [0.4, 0.5) is 5.69 Å². The van der Waals surface area contributed by atoms with Crippen molar-refractivity contribution in [2.75, 3.05) is 44.7 Å². The Morgan fingerprint density at radius 2 is 2.16 bits per heavy atom. The summed E-state index contributed by atoms with van der Waals surface area (Å²) in [6.45, 7) is 4.43. The van der Waals surface area contributed by atoms with Gasteiger partial charge >= 0.3 is 0 Å². The molecule has 0 aromatic heterocycles. The minimum absolute atomic E-state index is 0.413. The molecule has 106 valence electrons. The number of anilines is 1. The van der Waals surface area contributed by atoms with Crippen LogP contribution >= 0.6 is 27.5 Å². The van der Waals surface area contributed by atoms with Crippen LogP contribution in [0.25, 0.3) is 0 Å². The Balaban J connectivity index is 1.79. The Hall–Kier alpha value is -0.330. The molecule has 0 aliphatic carbocycles. The quantitative estimate of drug-likeness (QED) is 0.855. The lowest BCUT2D eigenvalue weighted by Gasteiger charge is -2.28. The van der Waals surface area contributed by atoms with Crippen LogP contribution in [0, 0.1) is 0 Å². The lowest BCUT2D eigenvalue weighted by Crippen LogP contribution is -2.42. The Morgan fingerprint density at radius 3 is 2.89 bits per heavy atom. The van der Waals surface area contributed by atoms with Crippen LogP contribution < -0.4 is 5.32 Å². The van der Waals surface area contributed by atoms with Gasteiger partial charge in [-0.15, -0.1) is 0 Å². The zero-order valence-corrected chi connectivity index (χ0v) is 13.0. The van der Waals surface area contributed by atoms with Gasteiger partial charge < -0.3 is 15.2 Å². The summed E-state index contributed by atoms with van der Waals surface area (Å²) in [7, 11) is 0. The van der Waals surface area contributed by atoms with E-state index in [1.807, 2.05) is 18.2 Å². The Kier molecular flexibility index (Phi) is 5.91. The first-order valence-corrected chi connectivity index (χ1v) is 7.49. The highest BCUT2D eigenvalue weighted by Gasteiger charge is 2.14. The molecule has 0 bridgehead atoms. The first kappa shape index (κ1) is 15.1. The van der Waals surface area contributed by atoms with Gasteiger partial charge in [-0.2, -0.15) is 0 Å². The van der Waals surface area contributed by atoms with Crippen molar-refractivity contribution in [3.8, 4) is 0 Å². The van der Waals surface area contributed by atoms with E-state index in [0.717, 1.165) is 36.5 Å². The van der Waals surface area contributed by atoms with Gasteiger partial charge in [0.1, 0.15) is 0 Å². The van der Waals surface area contributed by atoms with E-state index in [1.54, 1.807) is 0 Å². The van der Waals surface area contributed by atoms with E-state index < -0.39 is 6.10 Å². The van der Waals surface area contributed by atoms with Gasteiger partial charge in [-0.1, -0.05) is 11.6 Å². The van der Waals surface area contributed by atoms with Gasteiger partial charge in [0, 0.05) is 41.4 Å². The third-order valence-electron chi connectivity index (χ3n) is 3.03. The number of hydrogen-bond acceptors (Lipinski definition) is 4. The van der Waals surface area contributed by atoms with Crippen LogP contribution in [0.1, 0.15) is 0 Å². The molecule has 1 aromatic rings. The molecule has 0 radical (unpaired) electrons. The van der Waals surface area contributed by atoms with E-state index in [0.29, 0.717) is 18.1 Å². The Morgan fingerprint density at radius 1 is 1.42 bits per heavy atom. The lowest BCUT2D eigenvalue weighted by molar-refractivity contribution is 0.0171. The van der Waals surface area contributed by atoms with Crippen molar-refractivity contribution < 1.29 is 9.84 Å². The van der Waals surface area contributed by atoms with Crippen LogP contribution in [0.2, 0.25) is 5.02 Å². The van der Waals surface area contributed by atoms with Crippen LogP contribution in [-0.4, -0.2) is 55.5 Å². The van der Waals surface area contributed by atoms with Crippen molar-refractivity contribution >= 4 is 33.2 Å². The Bertz CT molecular complexity index is 414. The molecule has 1 saturated heterocycles. The molecule has 1 atom stereocenters. The standard InChI is InChI=1S/C13H18BrClN2O2/c14-12-2-1-10(15)7-13(12)16-8-11(18)9-17-3-5-19-6-4-17/h1-2,7,11,16,18H,3-6,8-9H2. The second-order valence-electron chi connectivity index (χ2n) is 4.57. The average Bonchev–Trinajstić information content (AvgIpc) is 2.41. The van der Waals surface area contributed by atoms with E-state index in [9.17, 15) is 5.11 Å². The highest BCUT2D eigenvalue weighted by Crippen LogP contribution is 2.25. The molecule has 1 aliphatic rings. The summed E-state index contributed by atoms with van der Waals surface area (Å²) < 4.78 is 6.22. The summed E-state index contributed by atoms with van der Waals surface area (Å²) in [5.41, 5.74) is 0.897. The van der Waals surface area contributed by atoms with E-state index in [1.165, 1.54) is 0 Å². The fraction of sp³-hybridized carbons (Fsp3) is 0.538. The second kappa shape index (κ2) is 7.45. The van der Waals surface area contributed by atoms with E-state index in [2.05, 4.69) is 26.1 Å². The summed E-state index contributed by atoms with van der Waals surface area (Å²) >= 11 is 9.39. The number of nitrogens with one attached hydrogen (secondary N) is 1. The van der Waals surface area contributed by atoms with Crippen molar-refractivity contribution in [3.05, 3.63) is 27.7 Å². The summed E-state index contributed by atoms with van der Waals surface area (Å²) in [6, 6.07) is 5.55. The molecule has 1 fully saturated rings. The monoisotopic (exact) mass is 348 g/mol. The van der Waals surface area contributed by atoms with Crippen molar-refractivity contribution in [3.63, 3.8) is 0 Å². The number of aliphatic hydroxyl groups is 1. The number of nitrogens with zero attached hydrogens (tertiary/aromatic N) is 1. The summed E-state index contributed by atoms with van der Waals surface area (Å²) in [5.74, 6) is 0. The van der Waals surface area contributed by atoms with Crippen LogP contribution in [-0.2, 0) is 4.74 Å². The highest BCUT2D eigenvalue weighted by atomic mass is 79.9. The van der Waals surface area contributed by atoms with Crippen molar-refractivity contribution in [1.29, 1.82) is 0 Å². The number of aliphatic hydroxyl groups excluding tert-OH is 1. The molecular formula is C13H18BrClN2O2. The molecule has 1 aliphatic heterocycles. The molecule has 4 nitrogen and oxygen atoms in total. The predicted octanol–water partition coefficient (Wildman–Crippen LogP) is 2.21. The molecule has 6 heteroatoms. The lowest BCUT2D eigenvalue weighted by atomic mass is 10.2. The SMILES string of the molecule is OC(CNc1cc(Cl)ccc1Br)CN1CCOCC1. The maximum atomic E-state index is 10.0. The summed E-state index contributed by atoms with van der Waals surface area (Å²) in [6.07, 6.45) is -0.413. The summed E-state index contributed by atoms with van der Waals surface area (Å²) in [5, 5.41) is 13.9. The minimum atomic E-state index is -0.413. The normalized spacial score (nSPS) is 18.3. The molecular weight excluding hydrogens is 332 g/mol. The molecule has 2 rings (SSSR count). The number of rotatable bonds is 5. The highest BCUT2D eigenvalue weighted by molar-refractivity contribution is 9.10. The largest absolute Gasteiger partial charge is 0.390 e. The van der Waals surface area contributed by atoms with Gasteiger partial charge in [0.2, 0.25) is 0 Å². The number of benzene rings is 1. The molecule has 0 spiro atoms. The van der Waals surface area contributed by atoms with Gasteiger partial charge in [0.25, 0.3) is 0 Å². The number of morpholine rings is 1. The molecule has 1 unspecified atom stereocenters. The van der Waals surface area contributed by atoms with Gasteiger partial charge in [-0.25, -0.2) is 0 Å². The number of halogens is 2. The predicted molar refractivity (Wildman–Crippen MR) is 80.9 cm³/mol. The first-order chi connectivity index (χ1) is 9.15. The smallest absolute Gasteiger partial charge is 0.0839 e. The molecule has 0 saturated carbocycles. The van der Waals surface area contributed by atoms with Crippen LogP contribution in [0.3, 0.4) is 0 Å². The maximum absolute atomic E-state index is 10.0. The van der Waals surface area contributed by atoms with E-state index in [4.69, 9.17) is 16.3 Å². The van der Waals surface area contributed by atoms with Crippen molar-refractivity contribution in [1.82, 2.24) is 4.90 Å². The van der Waals surface area contributed by atoms with Gasteiger partial charge in [-0.3, -0.25) is 4.90 Å². The summed E-state index contributed by atoms with van der Waals surface area (Å²) in [4.78, 5) is 2.21. The molecule has 1 heterocycles. The minimum Gasteiger partial charge on any atom is -0.390 e. The van der Waals surface area contributed by atoms with Crippen molar-refractivity contribution in [2.45, 2.75) is 6.10 Å². The molecule has 0 amide bonds. The fourth-order valence-electron chi connectivity index (χ4n) is 2.01. The topological polar surface area (TPSA) is 44.7 Å². The second-order valence-corrected chi connectivity index (χ2v) is 5.86.